The molecule has 0 amide bonds. The van der Waals surface area contributed by atoms with E-state index in [2.05, 4.69) is 35.2 Å². The van der Waals surface area contributed by atoms with E-state index in [0.717, 1.165) is 21.9 Å². The molecule has 0 aliphatic carbocycles. The summed E-state index contributed by atoms with van der Waals surface area (Å²) in [5, 5.41) is 49.6. The number of phosphoric acid groups is 1. The lowest BCUT2D eigenvalue weighted by molar-refractivity contribution is -0.0804. The summed E-state index contributed by atoms with van der Waals surface area (Å²) in [4.78, 5) is 40.8. The Hall–Kier alpha value is -4.28. The number of ether oxygens (including phenoxy) is 2. The first-order chi connectivity index (χ1) is 20.3. The molecular weight excluding hydrogens is 601 g/mol. The maximum Gasteiger partial charge on any atom is 0.473 e. The van der Waals surface area contributed by atoms with Gasteiger partial charge in [-0.3, -0.25) is 23.4 Å². The minimum atomic E-state index is -5.15. The number of H-pyrrole nitrogens is 1. The first-order valence-corrected chi connectivity index (χ1v) is 13.8. The van der Waals surface area contributed by atoms with Gasteiger partial charge in [-0.1, -0.05) is 5.21 Å². The maximum absolute atomic E-state index is 13.1. The van der Waals surface area contributed by atoms with Crippen molar-refractivity contribution in [3.8, 4) is 0 Å². The molecule has 2 aliphatic heterocycles. The summed E-state index contributed by atoms with van der Waals surface area (Å²) >= 11 is 0. The van der Waals surface area contributed by atoms with Gasteiger partial charge in [0.25, 0.3) is 5.56 Å². The van der Waals surface area contributed by atoms with E-state index in [-0.39, 0.29) is 34.1 Å². The SMILES string of the molecule is C[C@@]1(O)[C@@H](CO)O[C@@H](n2cnc3c(=O)[nH]c(N)nc32)[C@@H]1OP(=O)(O)OCC1=C(O)[C@@H](O)[C@H](n2nnc3c(N)ncnc32)O1. The second kappa shape index (κ2) is 10.2. The van der Waals surface area contributed by atoms with Crippen LogP contribution in [0.25, 0.3) is 22.3 Å². The molecule has 4 aromatic heterocycles. The predicted octanol–water partition coefficient (Wildman–Crippen LogP) is -2.68. The molecule has 6 heterocycles. The van der Waals surface area contributed by atoms with E-state index < -0.39 is 74.5 Å². The minimum absolute atomic E-state index is 0.00565. The summed E-state index contributed by atoms with van der Waals surface area (Å²) in [5.41, 5.74) is 8.51. The maximum atomic E-state index is 13.1. The average molecular weight is 625 g/mol. The van der Waals surface area contributed by atoms with E-state index in [1.165, 1.54) is 6.92 Å². The number of nitrogens with one attached hydrogen (secondary N) is 1. The Labute approximate surface area is 237 Å². The molecule has 10 N–H and O–H groups in total. The highest BCUT2D eigenvalue weighted by Crippen LogP contribution is 2.52. The summed E-state index contributed by atoms with van der Waals surface area (Å²) < 4.78 is 36.8. The fourth-order valence-corrected chi connectivity index (χ4v) is 5.65. The number of imidazole rings is 1. The first-order valence-electron chi connectivity index (χ1n) is 12.3. The Bertz CT molecular complexity index is 1860. The van der Waals surface area contributed by atoms with Gasteiger partial charge in [0.15, 0.2) is 52.0 Å². The molecule has 0 aromatic carbocycles. The van der Waals surface area contributed by atoms with Crippen LogP contribution < -0.4 is 17.0 Å². The molecule has 0 bridgehead atoms. The van der Waals surface area contributed by atoms with Crippen LogP contribution in [0.2, 0.25) is 0 Å². The third-order valence-corrected chi connectivity index (χ3v) is 7.87. The number of aliphatic hydroxyl groups excluding tert-OH is 3. The van der Waals surface area contributed by atoms with Gasteiger partial charge in [0, 0.05) is 0 Å². The molecule has 2 aliphatic rings. The third-order valence-electron chi connectivity index (χ3n) is 6.92. The van der Waals surface area contributed by atoms with Crippen molar-refractivity contribution in [1.29, 1.82) is 0 Å². The van der Waals surface area contributed by atoms with E-state index >= 15 is 0 Å². The lowest BCUT2D eigenvalue weighted by Gasteiger charge is -2.30. The van der Waals surface area contributed by atoms with Crippen LogP contribution in [0.15, 0.2) is 29.0 Å². The van der Waals surface area contributed by atoms with Crippen LogP contribution >= 0.6 is 7.82 Å². The number of rotatable bonds is 8. The van der Waals surface area contributed by atoms with E-state index in [1.54, 1.807) is 0 Å². The highest BCUT2D eigenvalue weighted by Gasteiger charge is 2.57. The van der Waals surface area contributed by atoms with Crippen molar-refractivity contribution >= 4 is 41.9 Å². The molecule has 4 aromatic rings. The summed E-state index contributed by atoms with van der Waals surface area (Å²) in [7, 11) is -5.15. The Morgan fingerprint density at radius 2 is 1.98 bits per heavy atom. The molecular formula is C20H24N11O11P. The van der Waals surface area contributed by atoms with Gasteiger partial charge in [0.05, 0.1) is 12.9 Å². The summed E-state index contributed by atoms with van der Waals surface area (Å²) in [6.45, 7) is -0.452. The molecule has 22 nitrogen and oxygen atoms in total. The van der Waals surface area contributed by atoms with Crippen LogP contribution in [0, 0.1) is 0 Å². The number of aromatic amines is 1. The average Bonchev–Trinajstić information content (AvgIpc) is 3.68. The van der Waals surface area contributed by atoms with Crippen molar-refractivity contribution in [2.24, 2.45) is 0 Å². The molecule has 0 radical (unpaired) electrons. The van der Waals surface area contributed by atoms with Gasteiger partial charge in [-0.15, -0.1) is 5.10 Å². The Balaban J connectivity index is 1.22. The number of phosphoric ester groups is 1. The van der Waals surface area contributed by atoms with Crippen LogP contribution in [0.5, 0.6) is 0 Å². The van der Waals surface area contributed by atoms with Crippen LogP contribution in [-0.4, -0.2) is 107 Å². The van der Waals surface area contributed by atoms with Gasteiger partial charge in [0.1, 0.15) is 30.7 Å². The lowest BCUT2D eigenvalue weighted by Crippen LogP contribution is -2.47. The second-order valence-electron chi connectivity index (χ2n) is 9.69. The normalized spacial score (nSPS) is 29.0. The number of fused-ring (bicyclic) bond motifs is 2. The van der Waals surface area contributed by atoms with E-state index in [9.17, 15) is 34.7 Å². The molecule has 0 saturated carbocycles. The highest BCUT2D eigenvalue weighted by molar-refractivity contribution is 7.47. The van der Waals surface area contributed by atoms with Gasteiger partial charge in [-0.25, -0.2) is 19.5 Å². The van der Waals surface area contributed by atoms with Crippen LogP contribution in [-0.2, 0) is 23.1 Å². The zero-order valence-corrected chi connectivity index (χ0v) is 22.7. The van der Waals surface area contributed by atoms with Crippen molar-refractivity contribution in [1.82, 2.24) is 44.5 Å². The summed E-state index contributed by atoms with van der Waals surface area (Å²) in [6, 6.07) is 0. The molecule has 7 atom stereocenters. The second-order valence-corrected chi connectivity index (χ2v) is 11.1. The van der Waals surface area contributed by atoms with Crippen molar-refractivity contribution in [2.75, 3.05) is 24.7 Å². The highest BCUT2D eigenvalue weighted by atomic mass is 31.2. The van der Waals surface area contributed by atoms with Crippen molar-refractivity contribution in [3.05, 3.63) is 34.5 Å². The molecule has 230 valence electrons. The molecule has 1 unspecified atom stereocenters. The number of hydrogen-bond donors (Lipinski definition) is 8. The number of anilines is 2. The van der Waals surface area contributed by atoms with E-state index in [1.807, 2.05) is 0 Å². The zero-order valence-electron chi connectivity index (χ0n) is 21.8. The summed E-state index contributed by atoms with van der Waals surface area (Å²) in [6.07, 6.45) is -5.42. The van der Waals surface area contributed by atoms with Crippen LogP contribution in [0.1, 0.15) is 19.4 Å². The largest absolute Gasteiger partial charge is 0.506 e. The molecule has 6 rings (SSSR count). The molecule has 1 saturated heterocycles. The van der Waals surface area contributed by atoms with Gasteiger partial charge >= 0.3 is 7.82 Å². The number of nitrogens with two attached hydrogens (primary N) is 2. The third kappa shape index (κ3) is 4.74. The van der Waals surface area contributed by atoms with E-state index in [0.29, 0.717) is 0 Å². The minimum Gasteiger partial charge on any atom is -0.506 e. The lowest BCUT2D eigenvalue weighted by atomic mass is 9.95. The number of aromatic nitrogens is 9. The Morgan fingerprint density at radius 1 is 1.21 bits per heavy atom. The fraction of sp³-hybridized carbons (Fsp3) is 0.450. The number of nitrogens with zero attached hydrogens (tertiary/aromatic N) is 8. The topological polar surface area (TPSA) is 327 Å². The molecule has 1 fully saturated rings. The number of aliphatic hydroxyl groups is 4. The fourth-order valence-electron chi connectivity index (χ4n) is 4.71. The smallest absolute Gasteiger partial charge is 0.473 e. The molecule has 0 spiro atoms. The first kappa shape index (κ1) is 28.8. The molecule has 43 heavy (non-hydrogen) atoms. The molecule has 23 heteroatoms. The number of hydrogen-bond acceptors (Lipinski definition) is 18. The Morgan fingerprint density at radius 3 is 2.72 bits per heavy atom. The monoisotopic (exact) mass is 625 g/mol. The van der Waals surface area contributed by atoms with Crippen LogP contribution in [0.3, 0.4) is 0 Å². The van der Waals surface area contributed by atoms with Crippen molar-refractivity contribution < 1.29 is 48.4 Å². The van der Waals surface area contributed by atoms with Crippen molar-refractivity contribution in [2.45, 2.75) is 43.3 Å². The van der Waals surface area contributed by atoms with Crippen LogP contribution in [0.4, 0.5) is 11.8 Å². The Kier molecular flexibility index (Phi) is 6.82. The van der Waals surface area contributed by atoms with Gasteiger partial charge < -0.3 is 46.3 Å². The standard InChI is InChI=1S/C20H24N11O11P/c1-20(36)7(2-32)41-18(30-5-25-9-15(30)26-19(22)27-16(9)35)12(20)42-43(37,38)39-3-6-10(33)11(34)17(40-6)31-14-8(28-29-31)13(21)23-4-24-14/h4-5,7,11-12,17-18,32-34,36H,2-3H2,1H3,(H,37,38)(H2,21,23,24)(H3,22,26,27,35)/t7-,11-,12+,17-,18-,20-/m1/s1. The van der Waals surface area contributed by atoms with E-state index in [4.69, 9.17) is 30.0 Å². The van der Waals surface area contributed by atoms with Gasteiger partial charge in [-0.05, 0) is 6.92 Å². The predicted molar refractivity (Wildman–Crippen MR) is 138 cm³/mol. The van der Waals surface area contributed by atoms with Gasteiger partial charge in [-0.2, -0.15) is 9.67 Å². The number of nitrogen functional groups attached to an aromatic ring is 2. The van der Waals surface area contributed by atoms with Gasteiger partial charge in [0.2, 0.25) is 12.2 Å². The van der Waals surface area contributed by atoms with Crippen molar-refractivity contribution in [3.63, 3.8) is 0 Å². The summed E-state index contributed by atoms with van der Waals surface area (Å²) in [5.74, 6) is -1.47. The quantitative estimate of drug-likeness (QED) is 0.0924. The zero-order chi connectivity index (χ0) is 30.8.